The number of hydrogen-bond donors (Lipinski definition) is 0. The quantitative estimate of drug-likeness (QED) is 0.654. The summed E-state index contributed by atoms with van der Waals surface area (Å²) in [7, 11) is 0. The van der Waals surface area contributed by atoms with Crippen LogP contribution in [0.25, 0.3) is 0 Å². The first-order valence-electron chi connectivity index (χ1n) is 4.29. The SMILES string of the molecule is c1ccc(CN2CCOC2)cc1. The van der Waals surface area contributed by atoms with Crippen LogP contribution in [0.15, 0.2) is 30.3 Å². The summed E-state index contributed by atoms with van der Waals surface area (Å²) in [4.78, 5) is 2.30. The second-order valence-electron chi connectivity index (χ2n) is 3.08. The van der Waals surface area contributed by atoms with Gasteiger partial charge < -0.3 is 4.74 Å². The molecule has 0 unspecified atom stereocenters. The van der Waals surface area contributed by atoms with Crippen LogP contribution < -0.4 is 0 Å². The second kappa shape index (κ2) is 3.70. The highest BCUT2D eigenvalue weighted by Gasteiger charge is 2.11. The first-order chi connectivity index (χ1) is 5.95. The molecule has 0 amide bonds. The van der Waals surface area contributed by atoms with Crippen molar-refractivity contribution < 1.29 is 4.74 Å². The topological polar surface area (TPSA) is 12.5 Å². The molecule has 0 aliphatic carbocycles. The fourth-order valence-corrected chi connectivity index (χ4v) is 1.42. The molecular formula is C10H13NO. The van der Waals surface area contributed by atoms with Crippen molar-refractivity contribution in [1.29, 1.82) is 0 Å². The van der Waals surface area contributed by atoms with Gasteiger partial charge in [0.2, 0.25) is 0 Å². The molecule has 1 heterocycles. The predicted molar refractivity (Wildman–Crippen MR) is 47.7 cm³/mol. The summed E-state index contributed by atoms with van der Waals surface area (Å²) in [5.41, 5.74) is 1.36. The van der Waals surface area contributed by atoms with E-state index >= 15 is 0 Å². The summed E-state index contributed by atoms with van der Waals surface area (Å²) < 4.78 is 5.26. The van der Waals surface area contributed by atoms with Gasteiger partial charge in [-0.15, -0.1) is 0 Å². The van der Waals surface area contributed by atoms with Crippen molar-refractivity contribution in [3.8, 4) is 0 Å². The Bertz CT molecular complexity index is 229. The van der Waals surface area contributed by atoms with Gasteiger partial charge in [0.05, 0.1) is 13.3 Å². The normalized spacial score (nSPS) is 18.3. The van der Waals surface area contributed by atoms with E-state index in [2.05, 4.69) is 29.2 Å². The zero-order valence-corrected chi connectivity index (χ0v) is 7.07. The van der Waals surface area contributed by atoms with Gasteiger partial charge in [-0.2, -0.15) is 0 Å². The van der Waals surface area contributed by atoms with E-state index in [0.29, 0.717) is 0 Å². The van der Waals surface area contributed by atoms with Crippen LogP contribution in [0.1, 0.15) is 5.56 Å². The van der Waals surface area contributed by atoms with Crippen LogP contribution in [0.2, 0.25) is 0 Å². The molecule has 0 atom stereocenters. The van der Waals surface area contributed by atoms with Crippen molar-refractivity contribution in [3.63, 3.8) is 0 Å². The van der Waals surface area contributed by atoms with Crippen LogP contribution in [0.5, 0.6) is 0 Å². The number of rotatable bonds is 2. The van der Waals surface area contributed by atoms with Gasteiger partial charge in [-0.3, -0.25) is 4.90 Å². The van der Waals surface area contributed by atoms with Crippen LogP contribution in [-0.2, 0) is 11.3 Å². The van der Waals surface area contributed by atoms with Crippen LogP contribution in [-0.4, -0.2) is 24.8 Å². The lowest BCUT2D eigenvalue weighted by molar-refractivity contribution is 0.137. The molecule has 2 rings (SSSR count). The molecule has 1 fully saturated rings. The van der Waals surface area contributed by atoms with Gasteiger partial charge in [0.15, 0.2) is 0 Å². The molecule has 1 aromatic carbocycles. The molecule has 0 spiro atoms. The number of nitrogens with zero attached hydrogens (tertiary/aromatic N) is 1. The Kier molecular flexibility index (Phi) is 2.39. The summed E-state index contributed by atoms with van der Waals surface area (Å²) in [6.07, 6.45) is 0. The van der Waals surface area contributed by atoms with Crippen LogP contribution in [0.4, 0.5) is 0 Å². The lowest BCUT2D eigenvalue weighted by Gasteiger charge is -2.11. The molecule has 12 heavy (non-hydrogen) atoms. The summed E-state index contributed by atoms with van der Waals surface area (Å²) in [6.45, 7) is 3.75. The first-order valence-corrected chi connectivity index (χ1v) is 4.29. The molecule has 0 bridgehead atoms. The average Bonchev–Trinajstić information content (AvgIpc) is 2.59. The predicted octanol–water partition coefficient (Wildman–Crippen LogP) is 1.48. The van der Waals surface area contributed by atoms with Gasteiger partial charge in [-0.25, -0.2) is 0 Å². The third kappa shape index (κ3) is 1.84. The molecule has 0 N–H and O–H groups in total. The molecule has 0 radical (unpaired) electrons. The highest BCUT2D eigenvalue weighted by molar-refractivity contribution is 5.14. The summed E-state index contributed by atoms with van der Waals surface area (Å²) in [6, 6.07) is 10.5. The smallest absolute Gasteiger partial charge is 0.0994 e. The molecule has 1 aromatic rings. The van der Waals surface area contributed by atoms with E-state index in [1.807, 2.05) is 6.07 Å². The van der Waals surface area contributed by atoms with Gasteiger partial charge >= 0.3 is 0 Å². The minimum absolute atomic E-state index is 0.787. The fourth-order valence-electron chi connectivity index (χ4n) is 1.42. The minimum atomic E-state index is 0.787. The lowest BCUT2D eigenvalue weighted by Crippen LogP contribution is -2.18. The summed E-state index contributed by atoms with van der Waals surface area (Å²) in [5, 5.41) is 0. The zero-order chi connectivity index (χ0) is 8.23. The lowest BCUT2D eigenvalue weighted by atomic mass is 10.2. The maximum atomic E-state index is 5.26. The molecule has 0 aromatic heterocycles. The Morgan fingerprint density at radius 2 is 2.08 bits per heavy atom. The maximum absolute atomic E-state index is 5.26. The van der Waals surface area contributed by atoms with E-state index in [1.165, 1.54) is 5.56 Å². The summed E-state index contributed by atoms with van der Waals surface area (Å²) in [5.74, 6) is 0. The molecule has 1 aliphatic rings. The van der Waals surface area contributed by atoms with E-state index in [0.717, 1.165) is 26.4 Å². The Morgan fingerprint density at radius 3 is 2.75 bits per heavy atom. The Morgan fingerprint density at radius 1 is 1.25 bits per heavy atom. The second-order valence-corrected chi connectivity index (χ2v) is 3.08. The largest absolute Gasteiger partial charge is 0.365 e. The molecule has 2 heteroatoms. The van der Waals surface area contributed by atoms with Crippen molar-refractivity contribution in [2.24, 2.45) is 0 Å². The molecule has 1 aliphatic heterocycles. The third-order valence-corrected chi connectivity index (χ3v) is 2.07. The molecule has 0 saturated carbocycles. The van der Waals surface area contributed by atoms with Crippen molar-refractivity contribution in [2.75, 3.05) is 19.9 Å². The minimum Gasteiger partial charge on any atom is -0.365 e. The van der Waals surface area contributed by atoms with E-state index in [1.54, 1.807) is 0 Å². The van der Waals surface area contributed by atoms with Crippen molar-refractivity contribution in [1.82, 2.24) is 4.90 Å². The van der Waals surface area contributed by atoms with Crippen molar-refractivity contribution in [2.45, 2.75) is 6.54 Å². The van der Waals surface area contributed by atoms with Gasteiger partial charge in [0.25, 0.3) is 0 Å². The molecule has 2 nitrogen and oxygen atoms in total. The molecule has 64 valence electrons. The van der Waals surface area contributed by atoms with Gasteiger partial charge in [0.1, 0.15) is 0 Å². The van der Waals surface area contributed by atoms with Crippen molar-refractivity contribution in [3.05, 3.63) is 35.9 Å². The van der Waals surface area contributed by atoms with E-state index in [9.17, 15) is 0 Å². The molecule has 1 saturated heterocycles. The number of ether oxygens (including phenoxy) is 1. The van der Waals surface area contributed by atoms with Crippen molar-refractivity contribution >= 4 is 0 Å². The average molecular weight is 163 g/mol. The summed E-state index contributed by atoms with van der Waals surface area (Å²) >= 11 is 0. The highest BCUT2D eigenvalue weighted by atomic mass is 16.5. The standard InChI is InChI=1S/C10H13NO/c1-2-4-10(5-3-1)8-11-6-7-12-9-11/h1-5H,6-9H2. The monoisotopic (exact) mass is 163 g/mol. The third-order valence-electron chi connectivity index (χ3n) is 2.07. The maximum Gasteiger partial charge on any atom is 0.0994 e. The first kappa shape index (κ1) is 7.77. The zero-order valence-electron chi connectivity index (χ0n) is 7.07. The van der Waals surface area contributed by atoms with Crippen LogP contribution in [0, 0.1) is 0 Å². The van der Waals surface area contributed by atoms with Gasteiger partial charge in [-0.05, 0) is 5.56 Å². The van der Waals surface area contributed by atoms with E-state index in [4.69, 9.17) is 4.74 Å². The van der Waals surface area contributed by atoms with E-state index in [-0.39, 0.29) is 0 Å². The Hall–Kier alpha value is -0.860. The Balaban J connectivity index is 1.94. The fraction of sp³-hybridized carbons (Fsp3) is 0.400. The van der Waals surface area contributed by atoms with Crippen LogP contribution >= 0.6 is 0 Å². The Labute approximate surface area is 72.8 Å². The number of hydrogen-bond acceptors (Lipinski definition) is 2. The number of benzene rings is 1. The van der Waals surface area contributed by atoms with Gasteiger partial charge in [0, 0.05) is 13.1 Å². The highest BCUT2D eigenvalue weighted by Crippen LogP contribution is 2.07. The van der Waals surface area contributed by atoms with E-state index < -0.39 is 0 Å². The molecular weight excluding hydrogens is 150 g/mol. The van der Waals surface area contributed by atoms with Crippen LogP contribution in [0.3, 0.4) is 0 Å². The van der Waals surface area contributed by atoms with Gasteiger partial charge in [-0.1, -0.05) is 30.3 Å².